The van der Waals surface area contributed by atoms with Crippen molar-refractivity contribution in [2.45, 2.75) is 44.8 Å². The molecule has 1 spiro atoms. The second-order valence-corrected chi connectivity index (χ2v) is 9.32. The van der Waals surface area contributed by atoms with Gasteiger partial charge in [-0.25, -0.2) is 4.79 Å². The van der Waals surface area contributed by atoms with Crippen molar-refractivity contribution in [1.82, 2.24) is 4.90 Å². The molecule has 0 bridgehead atoms. The molecule has 2 aromatic carbocycles. The standard InChI is InChI=1S/C24H31N3O2/c1-23(2,3)29-22(28)26(4)20-12-8-11-19-21(20)24(16-25-19)13-14-27(17-24)15-18-9-6-5-7-10-18/h5-12,25H,13-17H2,1-4H3. The van der Waals surface area contributed by atoms with Crippen LogP contribution in [0.4, 0.5) is 16.2 Å². The molecule has 5 heteroatoms. The van der Waals surface area contributed by atoms with Gasteiger partial charge in [0.05, 0.1) is 5.69 Å². The molecular weight excluding hydrogens is 362 g/mol. The molecule has 1 N–H and O–H groups in total. The van der Waals surface area contributed by atoms with Gasteiger partial charge in [-0.3, -0.25) is 9.80 Å². The third-order valence-corrected chi connectivity index (χ3v) is 5.90. The number of nitrogens with one attached hydrogen (secondary N) is 1. The number of hydrogen-bond donors (Lipinski definition) is 1. The van der Waals surface area contributed by atoms with Crippen molar-refractivity contribution in [3.63, 3.8) is 0 Å². The van der Waals surface area contributed by atoms with Crippen molar-refractivity contribution in [1.29, 1.82) is 0 Å². The Labute approximate surface area is 173 Å². The Hall–Kier alpha value is -2.53. The van der Waals surface area contributed by atoms with E-state index in [9.17, 15) is 4.79 Å². The quantitative estimate of drug-likeness (QED) is 0.826. The minimum absolute atomic E-state index is 0.0248. The Kier molecular flexibility index (Phi) is 5.03. The second-order valence-electron chi connectivity index (χ2n) is 9.32. The number of rotatable bonds is 3. The van der Waals surface area contributed by atoms with Gasteiger partial charge in [-0.05, 0) is 51.4 Å². The van der Waals surface area contributed by atoms with Crippen LogP contribution in [0.3, 0.4) is 0 Å². The lowest BCUT2D eigenvalue weighted by Crippen LogP contribution is -2.37. The van der Waals surface area contributed by atoms with Gasteiger partial charge in [0.25, 0.3) is 0 Å². The van der Waals surface area contributed by atoms with Crippen molar-refractivity contribution < 1.29 is 9.53 Å². The fourth-order valence-corrected chi connectivity index (χ4v) is 4.59. The zero-order valence-corrected chi connectivity index (χ0v) is 17.9. The largest absolute Gasteiger partial charge is 0.443 e. The third kappa shape index (κ3) is 3.97. The molecule has 2 aromatic rings. The summed E-state index contributed by atoms with van der Waals surface area (Å²) in [5.74, 6) is 0. The first-order valence-corrected chi connectivity index (χ1v) is 10.4. The van der Waals surface area contributed by atoms with Gasteiger partial charge in [-0.15, -0.1) is 0 Å². The lowest BCUT2D eigenvalue weighted by Gasteiger charge is -2.30. The van der Waals surface area contributed by atoms with Crippen LogP contribution in [0.5, 0.6) is 0 Å². The highest BCUT2D eigenvalue weighted by atomic mass is 16.6. The molecule has 0 aliphatic carbocycles. The van der Waals surface area contributed by atoms with Gasteiger partial charge in [-0.2, -0.15) is 0 Å². The summed E-state index contributed by atoms with van der Waals surface area (Å²) in [6, 6.07) is 16.8. The van der Waals surface area contributed by atoms with E-state index in [1.54, 1.807) is 4.90 Å². The maximum absolute atomic E-state index is 12.7. The molecule has 0 aromatic heterocycles. The number of anilines is 2. The molecule has 1 unspecified atom stereocenters. The lowest BCUT2D eigenvalue weighted by atomic mass is 9.80. The predicted octanol–water partition coefficient (Wildman–Crippen LogP) is 4.63. The van der Waals surface area contributed by atoms with Crippen LogP contribution < -0.4 is 10.2 Å². The summed E-state index contributed by atoms with van der Waals surface area (Å²) in [4.78, 5) is 16.9. The molecule has 1 atom stereocenters. The summed E-state index contributed by atoms with van der Waals surface area (Å²) < 4.78 is 5.62. The van der Waals surface area contributed by atoms with Crippen LogP contribution in [0, 0.1) is 0 Å². The van der Waals surface area contributed by atoms with E-state index in [4.69, 9.17) is 4.74 Å². The van der Waals surface area contributed by atoms with E-state index >= 15 is 0 Å². The molecule has 1 amide bonds. The molecule has 29 heavy (non-hydrogen) atoms. The average Bonchev–Trinajstić information content (AvgIpc) is 3.25. The van der Waals surface area contributed by atoms with E-state index in [0.717, 1.165) is 44.0 Å². The number of amides is 1. The van der Waals surface area contributed by atoms with Gasteiger partial charge in [0.2, 0.25) is 0 Å². The number of hydrogen-bond acceptors (Lipinski definition) is 4. The molecule has 0 radical (unpaired) electrons. The topological polar surface area (TPSA) is 44.8 Å². The van der Waals surface area contributed by atoms with Gasteiger partial charge < -0.3 is 10.1 Å². The van der Waals surface area contributed by atoms with Gasteiger partial charge in [0.1, 0.15) is 5.60 Å². The maximum Gasteiger partial charge on any atom is 0.414 e. The minimum Gasteiger partial charge on any atom is -0.443 e. The van der Waals surface area contributed by atoms with Crippen LogP contribution in [0.15, 0.2) is 48.5 Å². The zero-order valence-electron chi connectivity index (χ0n) is 17.9. The number of ether oxygens (including phenoxy) is 1. The van der Waals surface area contributed by atoms with Crippen molar-refractivity contribution >= 4 is 17.5 Å². The van der Waals surface area contributed by atoms with Gasteiger partial charge in [0.15, 0.2) is 0 Å². The molecule has 5 nitrogen and oxygen atoms in total. The Morgan fingerprint density at radius 2 is 1.93 bits per heavy atom. The average molecular weight is 394 g/mol. The van der Waals surface area contributed by atoms with Crippen LogP contribution in [0.25, 0.3) is 0 Å². The summed E-state index contributed by atoms with van der Waals surface area (Å²) in [6.07, 6.45) is 0.769. The summed E-state index contributed by atoms with van der Waals surface area (Å²) in [5, 5.41) is 3.59. The first-order chi connectivity index (χ1) is 13.8. The molecule has 4 rings (SSSR count). The predicted molar refractivity (Wildman–Crippen MR) is 118 cm³/mol. The molecule has 2 heterocycles. The van der Waals surface area contributed by atoms with Crippen LogP contribution in [0.1, 0.15) is 38.3 Å². The van der Waals surface area contributed by atoms with Gasteiger partial charge in [0, 0.05) is 43.3 Å². The van der Waals surface area contributed by atoms with Crippen LogP contribution >= 0.6 is 0 Å². The fourth-order valence-electron chi connectivity index (χ4n) is 4.59. The number of likely N-dealkylation sites (tertiary alicyclic amines) is 1. The SMILES string of the molecule is CN(C(=O)OC(C)(C)C)c1cccc2c1C1(CCN(Cc3ccccc3)C1)CN2. The Balaban J connectivity index is 1.59. The van der Waals surface area contributed by atoms with Crippen molar-refractivity contribution in [3.8, 4) is 0 Å². The molecular formula is C24H31N3O2. The van der Waals surface area contributed by atoms with Gasteiger partial charge in [-0.1, -0.05) is 36.4 Å². The highest BCUT2D eigenvalue weighted by molar-refractivity contribution is 5.91. The number of fused-ring (bicyclic) bond motifs is 2. The van der Waals surface area contributed by atoms with E-state index in [1.165, 1.54) is 11.1 Å². The van der Waals surface area contributed by atoms with E-state index in [-0.39, 0.29) is 11.5 Å². The monoisotopic (exact) mass is 393 g/mol. The highest BCUT2D eigenvalue weighted by Gasteiger charge is 2.46. The molecule has 1 saturated heterocycles. The summed E-state index contributed by atoms with van der Waals surface area (Å²) in [6.45, 7) is 9.61. The molecule has 0 saturated carbocycles. The molecule has 2 aliphatic rings. The summed E-state index contributed by atoms with van der Waals surface area (Å²) >= 11 is 0. The molecule has 1 fully saturated rings. The van der Waals surface area contributed by atoms with E-state index in [1.807, 2.05) is 40.0 Å². The van der Waals surface area contributed by atoms with Crippen LogP contribution in [-0.4, -0.2) is 43.3 Å². The summed E-state index contributed by atoms with van der Waals surface area (Å²) in [7, 11) is 1.81. The van der Waals surface area contributed by atoms with Crippen molar-refractivity contribution in [2.75, 3.05) is 36.9 Å². The Morgan fingerprint density at radius 1 is 1.17 bits per heavy atom. The number of benzene rings is 2. The van der Waals surface area contributed by atoms with E-state index < -0.39 is 5.60 Å². The third-order valence-electron chi connectivity index (χ3n) is 5.90. The smallest absolute Gasteiger partial charge is 0.414 e. The zero-order chi connectivity index (χ0) is 20.6. The van der Waals surface area contributed by atoms with E-state index in [2.05, 4.69) is 46.6 Å². The second kappa shape index (κ2) is 7.38. The number of carbonyl (C=O) groups is 1. The molecule has 2 aliphatic heterocycles. The minimum atomic E-state index is -0.515. The Morgan fingerprint density at radius 3 is 2.66 bits per heavy atom. The maximum atomic E-state index is 12.7. The van der Waals surface area contributed by atoms with Crippen molar-refractivity contribution in [3.05, 3.63) is 59.7 Å². The molecule has 154 valence electrons. The van der Waals surface area contributed by atoms with Crippen molar-refractivity contribution in [2.24, 2.45) is 0 Å². The lowest BCUT2D eigenvalue weighted by molar-refractivity contribution is 0.0589. The van der Waals surface area contributed by atoms with E-state index in [0.29, 0.717) is 0 Å². The Bertz CT molecular complexity index is 891. The first-order valence-electron chi connectivity index (χ1n) is 10.4. The first kappa shape index (κ1) is 19.8. The normalized spacial score (nSPS) is 21.1. The summed E-state index contributed by atoms with van der Waals surface area (Å²) in [5.41, 5.74) is 4.19. The highest BCUT2D eigenvalue weighted by Crippen LogP contribution is 2.48. The van der Waals surface area contributed by atoms with Crippen LogP contribution in [0.2, 0.25) is 0 Å². The van der Waals surface area contributed by atoms with Gasteiger partial charge >= 0.3 is 6.09 Å². The van der Waals surface area contributed by atoms with Crippen LogP contribution in [-0.2, 0) is 16.7 Å². The fraction of sp³-hybridized carbons (Fsp3) is 0.458. The number of carbonyl (C=O) groups excluding carboxylic acids is 1. The number of nitrogens with zero attached hydrogens (tertiary/aromatic N) is 2.